The SMILES string of the molecule is CCOC(=O)c1cc2c(NC(C)=O)cccc2n1C.NC(N)=NC(=O)c1cc2ccccc2[nH]1. The molecule has 0 radical (unpaired) electrons. The first-order valence-electron chi connectivity index (χ1n) is 10.5. The zero-order valence-corrected chi connectivity index (χ0v) is 19.1. The molecule has 34 heavy (non-hydrogen) atoms. The summed E-state index contributed by atoms with van der Waals surface area (Å²) in [5.41, 5.74) is 13.5. The van der Waals surface area contributed by atoms with Crippen LogP contribution in [0.1, 0.15) is 34.8 Å². The minimum absolute atomic E-state index is 0.144. The number of aliphatic imine (C=N–C) groups is 1. The Morgan fingerprint density at radius 1 is 1.09 bits per heavy atom. The number of nitrogens with one attached hydrogen (secondary N) is 2. The number of guanidine groups is 1. The number of nitrogens with zero attached hydrogens (tertiary/aromatic N) is 2. The number of esters is 1. The van der Waals surface area contributed by atoms with Crippen molar-refractivity contribution in [1.82, 2.24) is 9.55 Å². The van der Waals surface area contributed by atoms with Gasteiger partial charge in [0.25, 0.3) is 5.91 Å². The Hall–Kier alpha value is -4.60. The standard InChI is InChI=1S/C14H16N2O3.C10H10N4O/c1-4-19-14(18)13-8-10-11(15-9(2)17)6-5-7-12(10)16(13)3;11-10(12)14-9(15)8-5-6-3-1-2-4-7(6)13-8/h5-8H,4H2,1-3H3,(H,15,17);1-5,13H,(H4,11,12,14,15). The number of benzene rings is 2. The second kappa shape index (κ2) is 10.3. The smallest absolute Gasteiger partial charge is 0.354 e. The Balaban J connectivity index is 0.000000196. The Morgan fingerprint density at radius 2 is 1.82 bits per heavy atom. The van der Waals surface area contributed by atoms with E-state index < -0.39 is 5.91 Å². The molecule has 10 heteroatoms. The lowest BCUT2D eigenvalue weighted by Gasteiger charge is -2.05. The molecular weight excluding hydrogens is 436 g/mol. The predicted molar refractivity (Wildman–Crippen MR) is 132 cm³/mol. The number of rotatable bonds is 4. The highest BCUT2D eigenvalue weighted by molar-refractivity contribution is 6.05. The minimum Gasteiger partial charge on any atom is -0.461 e. The van der Waals surface area contributed by atoms with Crippen LogP contribution in [0.2, 0.25) is 0 Å². The van der Waals surface area contributed by atoms with Crippen LogP contribution in [0, 0.1) is 0 Å². The van der Waals surface area contributed by atoms with Gasteiger partial charge in [0.2, 0.25) is 5.91 Å². The Morgan fingerprint density at radius 3 is 2.47 bits per heavy atom. The molecule has 2 aromatic carbocycles. The third kappa shape index (κ3) is 5.41. The lowest BCUT2D eigenvalue weighted by Crippen LogP contribution is -2.24. The molecule has 0 aliphatic rings. The number of amides is 2. The van der Waals surface area contributed by atoms with E-state index in [1.54, 1.807) is 36.7 Å². The van der Waals surface area contributed by atoms with Crippen molar-refractivity contribution < 1.29 is 19.1 Å². The molecule has 10 nitrogen and oxygen atoms in total. The van der Waals surface area contributed by atoms with Crippen molar-refractivity contribution in [3.05, 3.63) is 66.0 Å². The van der Waals surface area contributed by atoms with Crippen molar-refractivity contribution >= 4 is 51.2 Å². The molecule has 0 bridgehead atoms. The molecule has 0 fully saturated rings. The number of carbonyl (C=O) groups is 3. The van der Waals surface area contributed by atoms with E-state index in [0.717, 1.165) is 21.8 Å². The summed E-state index contributed by atoms with van der Waals surface area (Å²) >= 11 is 0. The summed E-state index contributed by atoms with van der Waals surface area (Å²) in [5.74, 6) is -1.21. The van der Waals surface area contributed by atoms with Gasteiger partial charge in [0.05, 0.1) is 17.8 Å². The second-order valence-corrected chi connectivity index (χ2v) is 7.34. The fraction of sp³-hybridized carbons (Fsp3) is 0.167. The Kier molecular flexibility index (Phi) is 7.32. The minimum atomic E-state index is -0.466. The maximum Gasteiger partial charge on any atom is 0.354 e. The Bertz CT molecular complexity index is 1360. The van der Waals surface area contributed by atoms with E-state index in [-0.39, 0.29) is 17.8 Å². The molecule has 0 unspecified atom stereocenters. The third-order valence-corrected chi connectivity index (χ3v) is 4.87. The number of hydrogen-bond donors (Lipinski definition) is 4. The van der Waals surface area contributed by atoms with E-state index >= 15 is 0 Å². The average molecular weight is 463 g/mol. The number of aryl methyl sites for hydroxylation is 1. The lowest BCUT2D eigenvalue weighted by molar-refractivity contribution is -0.114. The van der Waals surface area contributed by atoms with Crippen LogP contribution in [0.15, 0.2) is 59.6 Å². The molecule has 2 aromatic heterocycles. The molecule has 0 saturated carbocycles. The van der Waals surface area contributed by atoms with Crippen molar-refractivity contribution in [2.24, 2.45) is 23.5 Å². The summed E-state index contributed by atoms with van der Waals surface area (Å²) in [4.78, 5) is 40.8. The molecule has 0 saturated heterocycles. The van der Waals surface area contributed by atoms with Gasteiger partial charge >= 0.3 is 5.97 Å². The van der Waals surface area contributed by atoms with Crippen molar-refractivity contribution in [2.45, 2.75) is 13.8 Å². The lowest BCUT2D eigenvalue weighted by atomic mass is 10.2. The van der Waals surface area contributed by atoms with Gasteiger partial charge in [-0.15, -0.1) is 0 Å². The van der Waals surface area contributed by atoms with Gasteiger partial charge in [0.15, 0.2) is 5.96 Å². The van der Waals surface area contributed by atoms with E-state index in [1.165, 1.54) is 6.92 Å². The summed E-state index contributed by atoms with van der Waals surface area (Å²) < 4.78 is 6.77. The van der Waals surface area contributed by atoms with E-state index in [4.69, 9.17) is 16.2 Å². The summed E-state index contributed by atoms with van der Waals surface area (Å²) in [6, 6.07) is 16.5. The van der Waals surface area contributed by atoms with Gasteiger partial charge in [0.1, 0.15) is 11.4 Å². The number of nitrogens with two attached hydrogens (primary N) is 2. The van der Waals surface area contributed by atoms with E-state index in [9.17, 15) is 14.4 Å². The van der Waals surface area contributed by atoms with E-state index in [0.29, 0.717) is 23.7 Å². The normalized spacial score (nSPS) is 10.3. The van der Waals surface area contributed by atoms with Crippen LogP contribution in [0.25, 0.3) is 21.8 Å². The van der Waals surface area contributed by atoms with Crippen molar-refractivity contribution in [1.29, 1.82) is 0 Å². The van der Waals surface area contributed by atoms with Crippen molar-refractivity contribution in [2.75, 3.05) is 11.9 Å². The molecule has 0 aliphatic heterocycles. The fourth-order valence-electron chi connectivity index (χ4n) is 3.43. The number of carbonyl (C=O) groups excluding carboxylic acids is 3. The summed E-state index contributed by atoms with van der Waals surface area (Å²) in [6.07, 6.45) is 0. The Labute approximate surface area is 195 Å². The van der Waals surface area contributed by atoms with Gasteiger partial charge in [-0.05, 0) is 37.3 Å². The summed E-state index contributed by atoms with van der Waals surface area (Å²) in [5, 5.41) is 4.53. The number of anilines is 1. The van der Waals surface area contributed by atoms with Crippen LogP contribution in [-0.4, -0.2) is 39.9 Å². The van der Waals surface area contributed by atoms with Crippen LogP contribution in [0.3, 0.4) is 0 Å². The van der Waals surface area contributed by atoms with Crippen molar-refractivity contribution in [3.63, 3.8) is 0 Å². The predicted octanol–water partition coefficient (Wildman–Crippen LogP) is 2.89. The van der Waals surface area contributed by atoms with Crippen LogP contribution in [-0.2, 0) is 16.6 Å². The first kappa shape index (κ1) is 24.1. The zero-order valence-electron chi connectivity index (χ0n) is 19.1. The quantitative estimate of drug-likeness (QED) is 0.207. The highest BCUT2D eigenvalue weighted by Crippen LogP contribution is 2.27. The number of hydrogen-bond acceptors (Lipinski definition) is 4. The van der Waals surface area contributed by atoms with E-state index in [1.807, 2.05) is 36.4 Å². The van der Waals surface area contributed by atoms with Gasteiger partial charge in [-0.3, -0.25) is 9.59 Å². The fourth-order valence-corrected chi connectivity index (χ4v) is 3.43. The summed E-state index contributed by atoms with van der Waals surface area (Å²) in [6.45, 7) is 3.55. The zero-order chi connectivity index (χ0) is 24.8. The molecule has 176 valence electrons. The number of para-hydroxylation sites is 1. The van der Waals surface area contributed by atoms with Crippen molar-refractivity contribution in [3.8, 4) is 0 Å². The van der Waals surface area contributed by atoms with Gasteiger partial charge in [-0.1, -0.05) is 24.3 Å². The van der Waals surface area contributed by atoms with Crippen LogP contribution in [0.5, 0.6) is 0 Å². The maximum atomic E-state index is 11.8. The monoisotopic (exact) mass is 462 g/mol. The molecule has 0 aliphatic carbocycles. The maximum absolute atomic E-state index is 11.8. The summed E-state index contributed by atoms with van der Waals surface area (Å²) in [7, 11) is 1.80. The molecule has 4 aromatic rings. The third-order valence-electron chi connectivity index (χ3n) is 4.87. The number of aromatic amines is 1. The first-order chi connectivity index (χ1) is 16.2. The molecule has 0 spiro atoms. The number of aromatic nitrogens is 2. The van der Waals surface area contributed by atoms with Gasteiger partial charge in [-0.25, -0.2) is 4.79 Å². The highest BCUT2D eigenvalue weighted by atomic mass is 16.5. The number of fused-ring (bicyclic) bond motifs is 2. The largest absolute Gasteiger partial charge is 0.461 e. The van der Waals surface area contributed by atoms with Crippen LogP contribution in [0.4, 0.5) is 5.69 Å². The average Bonchev–Trinajstić information content (AvgIpc) is 3.36. The molecule has 2 heterocycles. The van der Waals surface area contributed by atoms with E-state index in [2.05, 4.69) is 15.3 Å². The van der Waals surface area contributed by atoms with Crippen LogP contribution < -0.4 is 16.8 Å². The van der Waals surface area contributed by atoms with Gasteiger partial charge < -0.3 is 31.1 Å². The first-order valence-corrected chi connectivity index (χ1v) is 10.5. The molecule has 4 rings (SSSR count). The highest BCUT2D eigenvalue weighted by Gasteiger charge is 2.16. The molecule has 0 atom stereocenters. The van der Waals surface area contributed by atoms with Crippen LogP contribution >= 0.6 is 0 Å². The molecule has 6 N–H and O–H groups in total. The topological polar surface area (TPSA) is 158 Å². The van der Waals surface area contributed by atoms with Gasteiger partial charge in [0, 0.05) is 30.3 Å². The van der Waals surface area contributed by atoms with Gasteiger partial charge in [-0.2, -0.15) is 4.99 Å². The second-order valence-electron chi connectivity index (χ2n) is 7.34. The number of ether oxygens (including phenoxy) is 1. The number of H-pyrrole nitrogens is 1. The molecule has 2 amide bonds. The molecular formula is C24H26N6O4.